The SMILES string of the molecule is COc1ccc2c(C[NH+](C)Cc3ccc(Br)cc3)cc(=O)oc2c1. The van der Waals surface area contributed by atoms with Crippen molar-refractivity contribution in [1.29, 1.82) is 0 Å². The van der Waals surface area contributed by atoms with E-state index in [-0.39, 0.29) is 5.63 Å². The Morgan fingerprint density at radius 3 is 2.54 bits per heavy atom. The number of nitrogens with one attached hydrogen (secondary N) is 1. The maximum absolute atomic E-state index is 11.9. The fourth-order valence-corrected chi connectivity index (χ4v) is 3.09. The van der Waals surface area contributed by atoms with Gasteiger partial charge in [-0.1, -0.05) is 28.1 Å². The molecule has 1 unspecified atom stereocenters. The molecule has 24 heavy (non-hydrogen) atoms. The summed E-state index contributed by atoms with van der Waals surface area (Å²) in [7, 11) is 3.71. The van der Waals surface area contributed by atoms with Gasteiger partial charge >= 0.3 is 5.63 Å². The van der Waals surface area contributed by atoms with Crippen LogP contribution in [0.1, 0.15) is 11.1 Å². The zero-order chi connectivity index (χ0) is 17.1. The van der Waals surface area contributed by atoms with Crippen molar-refractivity contribution in [3.05, 3.63) is 74.6 Å². The molecule has 1 heterocycles. The number of rotatable bonds is 5. The molecule has 0 aliphatic carbocycles. The maximum atomic E-state index is 11.9. The summed E-state index contributed by atoms with van der Waals surface area (Å²) in [4.78, 5) is 13.2. The monoisotopic (exact) mass is 388 g/mol. The number of hydrogen-bond acceptors (Lipinski definition) is 3. The summed E-state index contributed by atoms with van der Waals surface area (Å²) in [5.41, 5.74) is 2.47. The molecule has 4 nitrogen and oxygen atoms in total. The third-order valence-electron chi connectivity index (χ3n) is 3.95. The van der Waals surface area contributed by atoms with E-state index in [1.54, 1.807) is 19.2 Å². The Morgan fingerprint density at radius 2 is 1.83 bits per heavy atom. The van der Waals surface area contributed by atoms with Gasteiger partial charge in [-0.3, -0.25) is 0 Å². The second kappa shape index (κ2) is 7.20. The lowest BCUT2D eigenvalue weighted by Crippen LogP contribution is -3.06. The first-order valence-corrected chi connectivity index (χ1v) is 8.51. The fraction of sp³-hybridized carbons (Fsp3) is 0.211. The van der Waals surface area contributed by atoms with Gasteiger partial charge in [-0.25, -0.2) is 4.79 Å². The molecule has 5 heteroatoms. The minimum Gasteiger partial charge on any atom is -0.497 e. The predicted octanol–water partition coefficient (Wildman–Crippen LogP) is 2.78. The highest BCUT2D eigenvalue weighted by atomic mass is 79.9. The molecule has 2 aromatic carbocycles. The van der Waals surface area contributed by atoms with E-state index in [0.29, 0.717) is 11.3 Å². The normalized spacial score (nSPS) is 12.3. The summed E-state index contributed by atoms with van der Waals surface area (Å²) < 4.78 is 11.6. The standard InChI is InChI=1S/C19H18BrNO3/c1-21(11-13-3-5-15(20)6-4-13)12-14-9-19(22)24-18-10-16(23-2)7-8-17(14)18/h3-10H,11-12H2,1-2H3/p+1. The lowest BCUT2D eigenvalue weighted by Gasteiger charge is -2.15. The molecule has 1 atom stereocenters. The number of methoxy groups -OCH3 is 1. The Labute approximate surface area is 148 Å². The van der Waals surface area contributed by atoms with Gasteiger partial charge in [-0.15, -0.1) is 0 Å². The summed E-state index contributed by atoms with van der Waals surface area (Å²) in [6.07, 6.45) is 0. The highest BCUT2D eigenvalue weighted by Gasteiger charge is 2.12. The molecule has 1 N–H and O–H groups in total. The molecule has 1 aromatic heterocycles. The summed E-state index contributed by atoms with van der Waals surface area (Å²) in [6.45, 7) is 1.62. The van der Waals surface area contributed by atoms with Crippen molar-refractivity contribution in [2.75, 3.05) is 14.2 Å². The van der Waals surface area contributed by atoms with Gasteiger partial charge in [-0.05, 0) is 24.3 Å². The number of halogens is 1. The van der Waals surface area contributed by atoms with Crippen LogP contribution in [0.3, 0.4) is 0 Å². The van der Waals surface area contributed by atoms with Gasteiger partial charge in [0, 0.05) is 33.1 Å². The van der Waals surface area contributed by atoms with E-state index < -0.39 is 0 Å². The maximum Gasteiger partial charge on any atom is 0.336 e. The topological polar surface area (TPSA) is 43.9 Å². The van der Waals surface area contributed by atoms with E-state index in [9.17, 15) is 4.79 Å². The van der Waals surface area contributed by atoms with Crippen LogP contribution in [0, 0.1) is 0 Å². The third-order valence-corrected chi connectivity index (χ3v) is 4.48. The van der Waals surface area contributed by atoms with Crippen molar-refractivity contribution in [3.63, 3.8) is 0 Å². The highest BCUT2D eigenvalue weighted by molar-refractivity contribution is 9.10. The molecule has 0 bridgehead atoms. The molecule has 3 aromatic rings. The van der Waals surface area contributed by atoms with E-state index in [0.717, 1.165) is 28.5 Å². The van der Waals surface area contributed by atoms with Crippen LogP contribution in [0.4, 0.5) is 0 Å². The minimum absolute atomic E-state index is 0.331. The first-order chi connectivity index (χ1) is 11.5. The molecule has 0 amide bonds. The van der Waals surface area contributed by atoms with Gasteiger partial charge in [0.15, 0.2) is 0 Å². The van der Waals surface area contributed by atoms with Gasteiger partial charge in [-0.2, -0.15) is 0 Å². The van der Waals surface area contributed by atoms with Crippen LogP contribution in [0.25, 0.3) is 11.0 Å². The summed E-state index contributed by atoms with van der Waals surface area (Å²) in [6, 6.07) is 15.5. The number of hydrogen-bond donors (Lipinski definition) is 1. The second-order valence-corrected chi connectivity index (χ2v) is 6.81. The fourth-order valence-electron chi connectivity index (χ4n) is 2.82. The number of fused-ring (bicyclic) bond motifs is 1. The lowest BCUT2D eigenvalue weighted by atomic mass is 10.1. The first kappa shape index (κ1) is 16.7. The predicted molar refractivity (Wildman–Crippen MR) is 97.5 cm³/mol. The molecule has 0 aliphatic heterocycles. The Bertz CT molecular complexity index is 903. The lowest BCUT2D eigenvalue weighted by molar-refractivity contribution is -0.907. The summed E-state index contributed by atoms with van der Waals surface area (Å²) in [5.74, 6) is 0.679. The van der Waals surface area contributed by atoms with Crippen LogP contribution in [0.2, 0.25) is 0 Å². The molecular weight excluding hydrogens is 370 g/mol. The van der Waals surface area contributed by atoms with Crippen molar-refractivity contribution < 1.29 is 14.1 Å². The summed E-state index contributed by atoms with van der Waals surface area (Å²) in [5, 5.41) is 0.950. The number of benzene rings is 2. The van der Waals surface area contributed by atoms with Gasteiger partial charge in [0.1, 0.15) is 24.4 Å². The average Bonchev–Trinajstić information content (AvgIpc) is 2.56. The van der Waals surface area contributed by atoms with Crippen molar-refractivity contribution >= 4 is 26.9 Å². The van der Waals surface area contributed by atoms with Gasteiger partial charge in [0.05, 0.1) is 14.2 Å². The molecule has 0 aliphatic rings. The zero-order valence-electron chi connectivity index (χ0n) is 13.6. The molecule has 0 radical (unpaired) electrons. The van der Waals surface area contributed by atoms with Gasteiger partial charge in [0.25, 0.3) is 0 Å². The molecule has 0 spiro atoms. The quantitative estimate of drug-likeness (QED) is 0.683. The van der Waals surface area contributed by atoms with Crippen LogP contribution < -0.4 is 15.3 Å². The van der Waals surface area contributed by atoms with Gasteiger partial charge < -0.3 is 14.1 Å². The van der Waals surface area contributed by atoms with Crippen LogP contribution in [0.5, 0.6) is 5.75 Å². The van der Waals surface area contributed by atoms with Crippen LogP contribution in [-0.2, 0) is 13.1 Å². The smallest absolute Gasteiger partial charge is 0.336 e. The number of ether oxygens (including phenoxy) is 1. The van der Waals surface area contributed by atoms with Crippen molar-refractivity contribution in [2.45, 2.75) is 13.1 Å². The van der Waals surface area contributed by atoms with Crippen molar-refractivity contribution in [2.24, 2.45) is 0 Å². The highest BCUT2D eigenvalue weighted by Crippen LogP contribution is 2.22. The van der Waals surface area contributed by atoms with Crippen LogP contribution in [-0.4, -0.2) is 14.2 Å². The Morgan fingerprint density at radius 1 is 1.08 bits per heavy atom. The minimum atomic E-state index is -0.331. The van der Waals surface area contributed by atoms with E-state index in [4.69, 9.17) is 9.15 Å². The Kier molecular flexibility index (Phi) is 5.02. The molecule has 3 rings (SSSR count). The molecule has 0 saturated carbocycles. The molecule has 124 valence electrons. The Balaban J connectivity index is 1.86. The molecular formula is C19H19BrNO3+. The number of quaternary nitrogens is 1. The van der Waals surface area contributed by atoms with E-state index >= 15 is 0 Å². The van der Waals surface area contributed by atoms with Crippen LogP contribution >= 0.6 is 15.9 Å². The average molecular weight is 389 g/mol. The molecule has 0 saturated heterocycles. The third kappa shape index (κ3) is 3.86. The zero-order valence-corrected chi connectivity index (χ0v) is 15.2. The largest absolute Gasteiger partial charge is 0.497 e. The first-order valence-electron chi connectivity index (χ1n) is 7.71. The van der Waals surface area contributed by atoms with Crippen LogP contribution in [0.15, 0.2) is 62.2 Å². The van der Waals surface area contributed by atoms with Crippen molar-refractivity contribution in [1.82, 2.24) is 0 Å². The van der Waals surface area contributed by atoms with E-state index in [2.05, 4.69) is 35.1 Å². The van der Waals surface area contributed by atoms with E-state index in [1.165, 1.54) is 10.5 Å². The molecule has 0 fully saturated rings. The summed E-state index contributed by atoms with van der Waals surface area (Å²) >= 11 is 3.45. The van der Waals surface area contributed by atoms with E-state index in [1.807, 2.05) is 24.3 Å². The van der Waals surface area contributed by atoms with Crippen molar-refractivity contribution in [3.8, 4) is 5.75 Å². The van der Waals surface area contributed by atoms with Gasteiger partial charge in [0.2, 0.25) is 0 Å². The Hall–Kier alpha value is -2.11. The second-order valence-electron chi connectivity index (χ2n) is 5.89.